The van der Waals surface area contributed by atoms with Crippen molar-refractivity contribution in [3.05, 3.63) is 168 Å². The third-order valence-electron chi connectivity index (χ3n) is 9.18. The summed E-state index contributed by atoms with van der Waals surface area (Å²) < 4.78 is 11.1. The predicted molar refractivity (Wildman–Crippen MR) is 221 cm³/mol. The van der Waals surface area contributed by atoms with E-state index >= 15 is 0 Å². The van der Waals surface area contributed by atoms with Crippen molar-refractivity contribution in [1.29, 1.82) is 0 Å². The number of benzene rings is 6. The second-order valence-electron chi connectivity index (χ2n) is 13.4. The molecule has 0 saturated carbocycles. The predicted octanol–water partition coefficient (Wildman–Crippen LogP) is 11.9. The van der Waals surface area contributed by atoms with E-state index in [4.69, 9.17) is 9.47 Å². The highest BCUT2D eigenvalue weighted by Gasteiger charge is 2.13. The first-order chi connectivity index (χ1) is 25.8. The molecule has 0 fully saturated rings. The summed E-state index contributed by atoms with van der Waals surface area (Å²) in [5.41, 5.74) is 8.92. The van der Waals surface area contributed by atoms with Crippen LogP contribution in [0.3, 0.4) is 0 Å². The summed E-state index contributed by atoms with van der Waals surface area (Å²) in [5, 5.41) is 4.27. The normalized spacial score (nSPS) is 11.2. The van der Waals surface area contributed by atoms with E-state index in [0.29, 0.717) is 11.3 Å². The summed E-state index contributed by atoms with van der Waals surface area (Å²) in [6, 6.07) is 41.5. The average Bonchev–Trinajstić information content (AvgIpc) is 3.19. The maximum absolute atomic E-state index is 11.8. The van der Waals surface area contributed by atoms with Gasteiger partial charge >= 0.3 is 5.97 Å². The van der Waals surface area contributed by atoms with Crippen LogP contribution in [0.25, 0.3) is 38.2 Å². The zero-order valence-corrected chi connectivity index (χ0v) is 30.8. The molecule has 0 saturated heterocycles. The largest absolute Gasteiger partial charge is 0.490 e. The number of rotatable bonds is 11. The van der Waals surface area contributed by atoms with Crippen molar-refractivity contribution in [3.8, 4) is 40.6 Å². The fraction of sp³-hybridized carbons (Fsp3) is 0.180. The lowest BCUT2D eigenvalue weighted by molar-refractivity contribution is -0.144. The van der Waals surface area contributed by atoms with Crippen molar-refractivity contribution >= 4 is 33.1 Å². The lowest BCUT2D eigenvalue weighted by atomic mass is 9.91. The number of carbonyl (C=O) groups excluding carboxylic acids is 1. The molecule has 0 amide bonds. The zero-order chi connectivity index (χ0) is 37.2. The van der Waals surface area contributed by atoms with E-state index in [-0.39, 0.29) is 6.61 Å². The first kappa shape index (κ1) is 36.5. The van der Waals surface area contributed by atoms with Gasteiger partial charge in [0.1, 0.15) is 18.5 Å². The molecular weight excluding hydrogens is 649 g/mol. The van der Waals surface area contributed by atoms with Crippen molar-refractivity contribution in [2.45, 2.75) is 52.6 Å². The Hall–Kier alpha value is -6.29. The number of ether oxygens (including phenoxy) is 2. The lowest BCUT2D eigenvalue weighted by Gasteiger charge is -2.14. The number of hydrogen-bond donors (Lipinski definition) is 0. The van der Waals surface area contributed by atoms with Crippen molar-refractivity contribution in [3.63, 3.8) is 0 Å². The molecule has 0 aliphatic heterocycles. The third-order valence-corrected chi connectivity index (χ3v) is 9.18. The van der Waals surface area contributed by atoms with E-state index in [1.54, 1.807) is 13.8 Å². The summed E-state index contributed by atoms with van der Waals surface area (Å²) in [6.45, 7) is 13.8. The van der Waals surface area contributed by atoms with E-state index in [1.165, 1.54) is 36.0 Å². The van der Waals surface area contributed by atoms with Crippen molar-refractivity contribution in [2.75, 3.05) is 6.61 Å². The van der Waals surface area contributed by atoms with Gasteiger partial charge in [0, 0.05) is 27.8 Å². The SMILES string of the molecule is C=C(C)C(=O)OC(C)COc1ccc(C#Cc2c3ccccc3c(C#Cc3ccc(-c4ccc(C(=C)CCCCC)cc4)cc3)c3ccccc23)cc1. The Morgan fingerprint density at radius 1 is 0.642 bits per heavy atom. The quantitative estimate of drug-likeness (QED) is 0.0446. The van der Waals surface area contributed by atoms with Gasteiger partial charge in [0.05, 0.1) is 0 Å². The summed E-state index contributed by atoms with van der Waals surface area (Å²) in [5.74, 6) is 14.1. The molecule has 0 N–H and O–H groups in total. The molecule has 3 heteroatoms. The minimum absolute atomic E-state index is 0.243. The van der Waals surface area contributed by atoms with E-state index < -0.39 is 12.1 Å². The highest BCUT2D eigenvalue weighted by Crippen LogP contribution is 2.32. The lowest BCUT2D eigenvalue weighted by Crippen LogP contribution is -2.22. The Balaban J connectivity index is 1.22. The maximum atomic E-state index is 11.8. The molecule has 262 valence electrons. The highest BCUT2D eigenvalue weighted by atomic mass is 16.6. The molecule has 0 bridgehead atoms. The molecular formula is C50H44O3. The van der Waals surface area contributed by atoms with Gasteiger partial charge in [0.25, 0.3) is 0 Å². The van der Waals surface area contributed by atoms with Crippen LogP contribution < -0.4 is 4.74 Å². The molecule has 0 aliphatic rings. The molecule has 0 spiro atoms. The van der Waals surface area contributed by atoms with Crippen LogP contribution in [-0.2, 0) is 9.53 Å². The minimum atomic E-state index is -0.421. The van der Waals surface area contributed by atoms with Gasteiger partial charge in [-0.2, -0.15) is 0 Å². The van der Waals surface area contributed by atoms with Crippen molar-refractivity contribution < 1.29 is 14.3 Å². The summed E-state index contributed by atoms with van der Waals surface area (Å²) in [4.78, 5) is 11.8. The van der Waals surface area contributed by atoms with Crippen LogP contribution in [0.1, 0.15) is 74.3 Å². The summed E-state index contributed by atoms with van der Waals surface area (Å²) >= 11 is 0. The standard InChI is InChI=1S/C50H44O3/c1-6-7-8-13-36(4)40-26-28-42(29-27-40)41-24-18-38(19-25-41)22-32-48-44-14-9-11-16-46(44)49(47-17-12-10-15-45(47)48)33-23-39-20-30-43(31-21-39)52-34-37(5)53-50(51)35(2)3/h9-12,14-21,24-31,37H,2,4,6-8,13,34H2,1,3,5H3. The molecule has 6 aromatic carbocycles. The molecule has 0 radical (unpaired) electrons. The van der Waals surface area contributed by atoms with Crippen molar-refractivity contribution in [2.24, 2.45) is 0 Å². The molecule has 6 aromatic rings. The second-order valence-corrected chi connectivity index (χ2v) is 13.4. The molecule has 0 aromatic heterocycles. The molecule has 0 heterocycles. The molecule has 53 heavy (non-hydrogen) atoms. The Kier molecular flexibility index (Phi) is 11.9. The molecule has 3 nitrogen and oxygen atoms in total. The van der Waals surface area contributed by atoms with Crippen LogP contribution in [0.4, 0.5) is 0 Å². The van der Waals surface area contributed by atoms with Gasteiger partial charge in [-0.25, -0.2) is 4.79 Å². The van der Waals surface area contributed by atoms with Crippen LogP contribution in [0.2, 0.25) is 0 Å². The van der Waals surface area contributed by atoms with Gasteiger partial charge in [-0.1, -0.05) is 142 Å². The summed E-state index contributed by atoms with van der Waals surface area (Å²) in [6.07, 6.45) is 4.31. The van der Waals surface area contributed by atoms with Gasteiger partial charge < -0.3 is 9.47 Å². The van der Waals surface area contributed by atoms with Crippen molar-refractivity contribution in [1.82, 2.24) is 0 Å². The van der Waals surface area contributed by atoms with E-state index in [2.05, 4.69) is 129 Å². The number of unbranched alkanes of at least 4 members (excludes halogenated alkanes) is 2. The van der Waals surface area contributed by atoms with Gasteiger partial charge in [0.15, 0.2) is 0 Å². The Bertz CT molecular complexity index is 2330. The average molecular weight is 693 g/mol. The van der Waals surface area contributed by atoms with Gasteiger partial charge in [-0.3, -0.25) is 0 Å². The van der Waals surface area contributed by atoms with E-state index in [1.807, 2.05) is 36.4 Å². The molecule has 1 atom stereocenters. The Labute approximate surface area is 314 Å². The Morgan fingerprint density at radius 3 is 1.58 bits per heavy atom. The number of allylic oxidation sites excluding steroid dienone is 1. The second kappa shape index (κ2) is 17.3. The summed E-state index contributed by atoms with van der Waals surface area (Å²) in [7, 11) is 0. The number of fused-ring (bicyclic) bond motifs is 2. The smallest absolute Gasteiger partial charge is 0.333 e. The number of esters is 1. The van der Waals surface area contributed by atoms with Crippen LogP contribution in [0.5, 0.6) is 5.75 Å². The van der Waals surface area contributed by atoms with Crippen LogP contribution >= 0.6 is 0 Å². The first-order valence-electron chi connectivity index (χ1n) is 18.3. The molecule has 1 unspecified atom stereocenters. The van der Waals surface area contributed by atoms with Gasteiger partial charge in [0.2, 0.25) is 0 Å². The van der Waals surface area contributed by atoms with Gasteiger partial charge in [-0.05, 0) is 107 Å². The first-order valence-corrected chi connectivity index (χ1v) is 18.3. The fourth-order valence-electron chi connectivity index (χ4n) is 6.21. The fourth-order valence-corrected chi connectivity index (χ4v) is 6.21. The third kappa shape index (κ3) is 9.15. The van der Waals surface area contributed by atoms with E-state index in [0.717, 1.165) is 55.8 Å². The zero-order valence-electron chi connectivity index (χ0n) is 30.8. The van der Waals surface area contributed by atoms with Gasteiger partial charge in [-0.15, -0.1) is 0 Å². The monoisotopic (exact) mass is 692 g/mol. The van der Waals surface area contributed by atoms with Crippen LogP contribution in [0.15, 0.2) is 140 Å². The Morgan fingerprint density at radius 2 is 1.11 bits per heavy atom. The maximum Gasteiger partial charge on any atom is 0.333 e. The molecule has 6 rings (SSSR count). The number of carbonyl (C=O) groups is 1. The topological polar surface area (TPSA) is 35.5 Å². The van der Waals surface area contributed by atoms with Crippen LogP contribution in [0, 0.1) is 23.7 Å². The number of hydrogen-bond acceptors (Lipinski definition) is 3. The highest BCUT2D eigenvalue weighted by molar-refractivity contribution is 6.09. The van der Waals surface area contributed by atoms with Crippen LogP contribution in [-0.4, -0.2) is 18.7 Å². The van der Waals surface area contributed by atoms with E-state index in [9.17, 15) is 4.79 Å². The molecule has 0 aliphatic carbocycles. The minimum Gasteiger partial charge on any atom is -0.490 e.